The van der Waals surface area contributed by atoms with Crippen LogP contribution in [0.25, 0.3) is 11.1 Å². The number of benzene rings is 2. The Morgan fingerprint density at radius 1 is 1.00 bits per heavy atom. The number of sulfonamides is 1. The van der Waals surface area contributed by atoms with E-state index in [9.17, 15) is 13.2 Å². The van der Waals surface area contributed by atoms with Crippen molar-refractivity contribution < 1.29 is 31.9 Å². The Bertz CT molecular complexity index is 1320. The zero-order valence-corrected chi connectivity index (χ0v) is 19.9. The van der Waals surface area contributed by atoms with Crippen LogP contribution in [0.4, 0.5) is 0 Å². The number of aromatic nitrogens is 1. The van der Waals surface area contributed by atoms with Gasteiger partial charge in [0.1, 0.15) is 6.54 Å². The summed E-state index contributed by atoms with van der Waals surface area (Å²) < 4.78 is 50.7. The van der Waals surface area contributed by atoms with Crippen LogP contribution in [0.15, 0.2) is 44.4 Å². The molecule has 178 valence electrons. The lowest BCUT2D eigenvalue weighted by molar-refractivity contribution is -0.917. The molecular formula is C22H28N3O7S+. The van der Waals surface area contributed by atoms with Crippen LogP contribution in [0, 0.1) is 0 Å². The van der Waals surface area contributed by atoms with E-state index in [0.717, 1.165) is 5.56 Å². The molecule has 1 aromatic heterocycles. The van der Waals surface area contributed by atoms with Crippen LogP contribution in [0.3, 0.4) is 0 Å². The van der Waals surface area contributed by atoms with Gasteiger partial charge in [-0.05, 0) is 24.3 Å². The summed E-state index contributed by atoms with van der Waals surface area (Å²) >= 11 is 0. The normalized spacial score (nSPS) is 15.6. The van der Waals surface area contributed by atoms with Crippen molar-refractivity contribution in [3.8, 4) is 17.2 Å². The Morgan fingerprint density at radius 2 is 1.70 bits per heavy atom. The molecule has 33 heavy (non-hydrogen) atoms. The summed E-state index contributed by atoms with van der Waals surface area (Å²) in [7, 11) is 2.61. The van der Waals surface area contributed by atoms with Crippen LogP contribution < -0.4 is 24.9 Å². The van der Waals surface area contributed by atoms with Gasteiger partial charge >= 0.3 is 5.76 Å². The highest BCUT2D eigenvalue weighted by Crippen LogP contribution is 2.39. The predicted octanol–water partition coefficient (Wildman–Crippen LogP) is 0.247. The molecule has 4 rings (SSSR count). The molecule has 3 aromatic rings. The lowest BCUT2D eigenvalue weighted by Crippen LogP contribution is -3.13. The number of methoxy groups -OCH3 is 3. The van der Waals surface area contributed by atoms with Crippen LogP contribution in [-0.2, 0) is 23.6 Å². The van der Waals surface area contributed by atoms with Crippen molar-refractivity contribution in [2.45, 2.75) is 11.4 Å². The molecule has 1 aliphatic heterocycles. The van der Waals surface area contributed by atoms with Gasteiger partial charge in [0, 0.05) is 13.1 Å². The number of aryl methyl sites for hydroxylation is 1. The number of quaternary nitrogens is 1. The Balaban J connectivity index is 1.48. The van der Waals surface area contributed by atoms with Crippen LogP contribution in [0.1, 0.15) is 5.56 Å². The molecule has 0 bridgehead atoms. The average molecular weight is 479 g/mol. The van der Waals surface area contributed by atoms with Crippen LogP contribution >= 0.6 is 0 Å². The fourth-order valence-corrected chi connectivity index (χ4v) is 5.67. The first-order valence-electron chi connectivity index (χ1n) is 10.5. The number of piperazine rings is 1. The first kappa shape index (κ1) is 23.1. The first-order chi connectivity index (χ1) is 15.8. The van der Waals surface area contributed by atoms with Gasteiger partial charge in [-0.3, -0.25) is 4.57 Å². The molecule has 1 aliphatic rings. The minimum Gasteiger partial charge on any atom is -0.493 e. The van der Waals surface area contributed by atoms with E-state index >= 15 is 0 Å². The summed E-state index contributed by atoms with van der Waals surface area (Å²) in [4.78, 5) is 13.1. The molecule has 2 aromatic carbocycles. The van der Waals surface area contributed by atoms with Gasteiger partial charge in [0.05, 0.1) is 63.5 Å². The summed E-state index contributed by atoms with van der Waals surface area (Å²) in [6, 6.07) is 8.31. The smallest absolute Gasteiger partial charge is 0.419 e. The second-order valence-electron chi connectivity index (χ2n) is 7.88. The van der Waals surface area contributed by atoms with Gasteiger partial charge in [0.15, 0.2) is 17.1 Å². The zero-order chi connectivity index (χ0) is 23.8. The summed E-state index contributed by atoms with van der Waals surface area (Å²) in [5.74, 6) is 1.23. The SMILES string of the molecule is COc1ccc(C[NH+]2CCN(S(=O)(=O)c3ccc4c(c3)oc(=O)n4C)CC2)c(OC)c1OC. The summed E-state index contributed by atoms with van der Waals surface area (Å²) in [6.07, 6.45) is 0. The summed E-state index contributed by atoms with van der Waals surface area (Å²) in [5.41, 5.74) is 1.77. The number of hydrogen-bond acceptors (Lipinski definition) is 7. The Hall–Kier alpha value is -3.02. The van der Waals surface area contributed by atoms with E-state index in [1.54, 1.807) is 34.4 Å². The molecule has 0 aliphatic carbocycles. The van der Waals surface area contributed by atoms with Gasteiger partial charge in [-0.25, -0.2) is 13.2 Å². The lowest BCUT2D eigenvalue weighted by atomic mass is 10.1. The molecule has 0 spiro atoms. The van der Waals surface area contributed by atoms with E-state index in [1.165, 1.54) is 25.9 Å². The van der Waals surface area contributed by atoms with Gasteiger partial charge < -0.3 is 23.5 Å². The van der Waals surface area contributed by atoms with E-state index in [2.05, 4.69) is 0 Å². The molecule has 0 atom stereocenters. The fraction of sp³-hybridized carbons (Fsp3) is 0.409. The number of rotatable bonds is 7. The first-order valence-corrected chi connectivity index (χ1v) is 11.9. The predicted molar refractivity (Wildman–Crippen MR) is 121 cm³/mol. The second-order valence-corrected chi connectivity index (χ2v) is 9.82. The molecule has 11 heteroatoms. The number of hydrogen-bond donors (Lipinski definition) is 1. The zero-order valence-electron chi connectivity index (χ0n) is 19.1. The molecule has 0 saturated carbocycles. The maximum atomic E-state index is 13.2. The topological polar surface area (TPSA) is 105 Å². The molecule has 1 fully saturated rings. The monoisotopic (exact) mass is 478 g/mol. The highest BCUT2D eigenvalue weighted by molar-refractivity contribution is 7.89. The maximum Gasteiger partial charge on any atom is 0.419 e. The third-order valence-electron chi connectivity index (χ3n) is 6.06. The maximum absolute atomic E-state index is 13.2. The van der Waals surface area contributed by atoms with E-state index in [4.69, 9.17) is 18.6 Å². The van der Waals surface area contributed by atoms with Crippen molar-refractivity contribution in [1.29, 1.82) is 0 Å². The van der Waals surface area contributed by atoms with Crippen molar-refractivity contribution in [3.05, 3.63) is 46.4 Å². The van der Waals surface area contributed by atoms with Crippen molar-refractivity contribution >= 4 is 21.1 Å². The third kappa shape index (κ3) is 4.19. The highest BCUT2D eigenvalue weighted by atomic mass is 32.2. The van der Waals surface area contributed by atoms with Gasteiger partial charge in [0.25, 0.3) is 0 Å². The van der Waals surface area contributed by atoms with Gasteiger partial charge in [-0.2, -0.15) is 4.31 Å². The molecule has 0 radical (unpaired) electrons. The van der Waals surface area contributed by atoms with Gasteiger partial charge in [0.2, 0.25) is 15.8 Å². The lowest BCUT2D eigenvalue weighted by Gasteiger charge is -2.32. The molecule has 10 nitrogen and oxygen atoms in total. The summed E-state index contributed by atoms with van der Waals surface area (Å²) in [5, 5.41) is 0. The van der Waals surface area contributed by atoms with Crippen molar-refractivity contribution in [2.24, 2.45) is 7.05 Å². The van der Waals surface area contributed by atoms with Crippen molar-refractivity contribution in [1.82, 2.24) is 8.87 Å². The number of nitrogens with one attached hydrogen (secondary N) is 1. The van der Waals surface area contributed by atoms with E-state index < -0.39 is 15.8 Å². The minimum atomic E-state index is -3.70. The van der Waals surface area contributed by atoms with E-state index in [1.807, 2.05) is 12.1 Å². The Kier molecular flexibility index (Phi) is 6.37. The third-order valence-corrected chi connectivity index (χ3v) is 7.95. The molecule has 1 saturated heterocycles. The van der Waals surface area contributed by atoms with Gasteiger partial charge in [-0.1, -0.05) is 0 Å². The van der Waals surface area contributed by atoms with Gasteiger partial charge in [-0.15, -0.1) is 0 Å². The minimum absolute atomic E-state index is 0.120. The largest absolute Gasteiger partial charge is 0.493 e. The molecule has 1 N–H and O–H groups in total. The fourth-order valence-electron chi connectivity index (χ4n) is 4.22. The summed E-state index contributed by atoms with van der Waals surface area (Å²) in [6.45, 7) is 2.70. The highest BCUT2D eigenvalue weighted by Gasteiger charge is 2.31. The van der Waals surface area contributed by atoms with Crippen LogP contribution in [-0.4, -0.2) is 64.8 Å². The van der Waals surface area contributed by atoms with Crippen molar-refractivity contribution in [3.63, 3.8) is 0 Å². The number of fused-ring (bicyclic) bond motifs is 1. The number of oxazole rings is 1. The Labute approximate surface area is 191 Å². The van der Waals surface area contributed by atoms with Crippen LogP contribution in [0.2, 0.25) is 0 Å². The Morgan fingerprint density at radius 3 is 2.33 bits per heavy atom. The molecular weight excluding hydrogens is 450 g/mol. The second kappa shape index (κ2) is 9.08. The molecule has 2 heterocycles. The number of ether oxygens (including phenoxy) is 3. The quantitative estimate of drug-likeness (QED) is 0.519. The molecule has 0 unspecified atom stereocenters. The van der Waals surface area contributed by atoms with E-state index in [-0.39, 0.29) is 10.5 Å². The van der Waals surface area contributed by atoms with E-state index in [0.29, 0.717) is 55.5 Å². The van der Waals surface area contributed by atoms with Crippen LogP contribution in [0.5, 0.6) is 17.2 Å². The standard InChI is InChI=1S/C22H27N3O7S/c1-23-17-7-6-16(13-19(17)32-22(23)26)33(27,28)25-11-9-24(10-12-25)14-15-5-8-18(29-2)21(31-4)20(15)30-3/h5-8,13H,9-12,14H2,1-4H3/p+1. The van der Waals surface area contributed by atoms with Crippen molar-refractivity contribution in [2.75, 3.05) is 47.5 Å². The molecule has 0 amide bonds. The average Bonchev–Trinajstić information content (AvgIpc) is 3.11. The number of nitrogens with zero attached hydrogens (tertiary/aromatic N) is 2.